The van der Waals surface area contributed by atoms with E-state index in [2.05, 4.69) is 22.0 Å². The Morgan fingerprint density at radius 1 is 1.25 bits per heavy atom. The summed E-state index contributed by atoms with van der Waals surface area (Å²) < 4.78 is 41.6. The first-order valence-electron chi connectivity index (χ1n) is 9.47. The number of allylic oxidation sites excluding steroid dienone is 1. The van der Waals surface area contributed by atoms with E-state index >= 15 is 0 Å². The maximum Gasteiger partial charge on any atom is 0.355 e. The summed E-state index contributed by atoms with van der Waals surface area (Å²) in [5.41, 5.74) is 0.884. The molecule has 1 N–H and O–H groups in total. The molecule has 3 heterocycles. The van der Waals surface area contributed by atoms with Crippen molar-refractivity contribution < 1.29 is 32.2 Å². The third kappa shape index (κ3) is 3.46. The molecule has 2 aromatic rings. The number of nitrogens with one attached hydrogen (secondary N) is 1. The lowest BCUT2D eigenvalue weighted by atomic mass is 10.0. The number of rotatable bonds is 7. The highest BCUT2D eigenvalue weighted by molar-refractivity contribution is 7.96. The number of carbonyl (C=O) groups excluding carboxylic acids is 2. The Bertz CT molecular complexity index is 1200. The van der Waals surface area contributed by atoms with Gasteiger partial charge in [0.25, 0.3) is 5.91 Å². The lowest BCUT2D eigenvalue weighted by Gasteiger charge is -2.48. The van der Waals surface area contributed by atoms with Crippen LogP contribution in [0.5, 0.6) is 5.75 Å². The molecule has 0 bridgehead atoms. The van der Waals surface area contributed by atoms with Gasteiger partial charge >= 0.3 is 5.97 Å². The van der Waals surface area contributed by atoms with Crippen molar-refractivity contribution in [2.45, 2.75) is 24.5 Å². The van der Waals surface area contributed by atoms with Crippen LogP contribution >= 0.6 is 0 Å². The first-order valence-corrected chi connectivity index (χ1v) is 11.0. The van der Waals surface area contributed by atoms with Crippen LogP contribution in [0.1, 0.15) is 11.3 Å². The number of hydrogen-bond acceptors (Lipinski definition) is 9. The van der Waals surface area contributed by atoms with Crippen molar-refractivity contribution in [1.82, 2.24) is 20.3 Å². The van der Waals surface area contributed by atoms with E-state index in [1.165, 1.54) is 20.4 Å². The molecule has 32 heavy (non-hydrogen) atoms. The first-order chi connectivity index (χ1) is 15.3. The second-order valence-electron chi connectivity index (χ2n) is 7.12. The minimum Gasteiger partial charge on any atom is -0.497 e. The molecule has 0 aliphatic carbocycles. The molecule has 2 aliphatic heterocycles. The molecule has 0 saturated carbocycles. The van der Waals surface area contributed by atoms with E-state index in [0.29, 0.717) is 17.0 Å². The summed E-state index contributed by atoms with van der Waals surface area (Å²) in [6, 6.07) is 6.87. The molecular formula is C20H20N4O7S. The van der Waals surface area contributed by atoms with Gasteiger partial charge in [-0.2, -0.15) is 0 Å². The number of nitrogens with zero attached hydrogens (tertiary/aromatic N) is 3. The van der Waals surface area contributed by atoms with Gasteiger partial charge in [0.15, 0.2) is 11.5 Å². The molecule has 11 nitrogen and oxygen atoms in total. The minimum atomic E-state index is -4.04. The van der Waals surface area contributed by atoms with E-state index in [0.717, 1.165) is 4.90 Å². The average Bonchev–Trinajstić information content (AvgIpc) is 3.30. The van der Waals surface area contributed by atoms with Crippen LogP contribution in [-0.4, -0.2) is 66.3 Å². The van der Waals surface area contributed by atoms with E-state index in [9.17, 15) is 18.0 Å². The van der Waals surface area contributed by atoms with Gasteiger partial charge in [-0.15, -0.1) is 5.10 Å². The number of β-lactam (4-membered cyclic amide) rings is 1. The highest BCUT2D eigenvalue weighted by Crippen LogP contribution is 2.43. The van der Waals surface area contributed by atoms with Crippen LogP contribution in [0.15, 0.2) is 53.2 Å². The Morgan fingerprint density at radius 2 is 1.97 bits per heavy atom. The van der Waals surface area contributed by atoms with E-state index in [1.54, 1.807) is 24.3 Å². The molecule has 1 aromatic heterocycles. The number of H-pyrrole nitrogens is 1. The molecule has 168 valence electrons. The molecule has 1 saturated heterocycles. The van der Waals surface area contributed by atoms with Gasteiger partial charge in [-0.05, 0) is 17.7 Å². The number of carbonyl (C=O) groups is 2. The predicted molar refractivity (Wildman–Crippen MR) is 109 cm³/mol. The highest BCUT2D eigenvalue weighted by atomic mass is 32.2. The Balaban J connectivity index is 1.70. The number of aromatic amines is 1. The Kier molecular flexibility index (Phi) is 5.57. The van der Waals surface area contributed by atoms with Gasteiger partial charge in [0, 0.05) is 25.3 Å². The van der Waals surface area contributed by atoms with Crippen LogP contribution in [0.3, 0.4) is 0 Å². The fourth-order valence-electron chi connectivity index (χ4n) is 3.62. The fraction of sp³-hybridized carbons (Fsp3) is 0.300. The number of hydrogen-bond donors (Lipinski definition) is 1. The molecule has 4 rings (SSSR count). The minimum absolute atomic E-state index is 0.0257. The molecule has 2 atom stereocenters. The quantitative estimate of drug-likeness (QED) is 0.461. The molecule has 0 unspecified atom stereocenters. The van der Waals surface area contributed by atoms with E-state index < -0.39 is 33.2 Å². The molecule has 1 amide bonds. The van der Waals surface area contributed by atoms with Crippen molar-refractivity contribution in [2.24, 2.45) is 0 Å². The zero-order chi connectivity index (χ0) is 23.0. The standard InChI is InChI=1S/C20H20N4O7S/c1-11-15(8-13-9-21-23-22-13)16(24-18(25)17(30-3)19(24)32(11,27)28)20(26)31-10-12-4-6-14(29-2)7-5-12/h4-7,9,17,19H,1,8,10H2,2-3H3,(H,21,22,23)/t17-,19-/m0/s1. The van der Waals surface area contributed by atoms with Gasteiger partial charge in [-0.1, -0.05) is 23.9 Å². The molecule has 1 aromatic carbocycles. The van der Waals surface area contributed by atoms with Crippen LogP contribution in [0, 0.1) is 0 Å². The van der Waals surface area contributed by atoms with Gasteiger partial charge in [0.2, 0.25) is 9.84 Å². The summed E-state index contributed by atoms with van der Waals surface area (Å²) in [6.45, 7) is 3.60. The Labute approximate surface area is 183 Å². The number of sulfone groups is 1. The molecule has 12 heteroatoms. The second kappa shape index (κ2) is 8.20. The first kappa shape index (κ1) is 21.7. The van der Waals surface area contributed by atoms with Crippen molar-refractivity contribution in [3.8, 4) is 5.75 Å². The summed E-state index contributed by atoms with van der Waals surface area (Å²) in [7, 11) is -1.27. The van der Waals surface area contributed by atoms with Gasteiger partial charge in [0.1, 0.15) is 18.1 Å². The van der Waals surface area contributed by atoms with Gasteiger partial charge in [0.05, 0.1) is 17.7 Å². The summed E-state index contributed by atoms with van der Waals surface area (Å²) >= 11 is 0. The molecular weight excluding hydrogens is 440 g/mol. The van der Waals surface area contributed by atoms with E-state index in [1.807, 2.05) is 0 Å². The summed E-state index contributed by atoms with van der Waals surface area (Å²) in [4.78, 5) is 26.4. The SMILES string of the molecule is C=C1C(Cc2c[nH]nn2)=C(C(=O)OCc2ccc(OC)cc2)N2C(=O)[C@H](OC)[C@@H]2S1(=O)=O. The van der Waals surface area contributed by atoms with Crippen molar-refractivity contribution in [3.05, 3.63) is 64.5 Å². The van der Waals surface area contributed by atoms with Gasteiger partial charge in [-0.3, -0.25) is 14.8 Å². The topological polar surface area (TPSA) is 141 Å². The zero-order valence-electron chi connectivity index (χ0n) is 17.3. The Morgan fingerprint density at radius 3 is 2.56 bits per heavy atom. The Hall–Kier alpha value is -3.51. The number of ether oxygens (including phenoxy) is 3. The van der Waals surface area contributed by atoms with E-state index in [-0.39, 0.29) is 29.2 Å². The normalized spacial score (nSPS) is 21.8. The van der Waals surface area contributed by atoms with Crippen molar-refractivity contribution in [1.29, 1.82) is 0 Å². The van der Waals surface area contributed by atoms with Crippen LogP contribution in [0.25, 0.3) is 0 Å². The molecule has 1 fully saturated rings. The third-order valence-electron chi connectivity index (χ3n) is 5.32. The van der Waals surface area contributed by atoms with Crippen LogP contribution in [-0.2, 0) is 41.9 Å². The number of amides is 1. The van der Waals surface area contributed by atoms with E-state index in [4.69, 9.17) is 14.2 Å². The van der Waals surface area contributed by atoms with Gasteiger partial charge in [-0.25, -0.2) is 13.2 Å². The largest absolute Gasteiger partial charge is 0.497 e. The average molecular weight is 460 g/mol. The van der Waals surface area contributed by atoms with Crippen molar-refractivity contribution >= 4 is 21.7 Å². The molecule has 0 spiro atoms. The fourth-order valence-corrected chi connectivity index (χ4v) is 5.47. The second-order valence-corrected chi connectivity index (χ2v) is 9.18. The monoisotopic (exact) mass is 460 g/mol. The van der Waals surface area contributed by atoms with Crippen LogP contribution in [0.4, 0.5) is 0 Å². The van der Waals surface area contributed by atoms with Crippen molar-refractivity contribution in [3.63, 3.8) is 0 Å². The summed E-state index contributed by atoms with van der Waals surface area (Å²) in [5, 5.41) is 8.58. The number of benzene rings is 1. The smallest absolute Gasteiger partial charge is 0.355 e. The third-order valence-corrected chi connectivity index (χ3v) is 7.35. The maximum absolute atomic E-state index is 13.1. The number of esters is 1. The summed E-state index contributed by atoms with van der Waals surface area (Å²) in [6.07, 6.45) is 0.139. The number of fused-ring (bicyclic) bond motifs is 1. The van der Waals surface area contributed by atoms with Crippen molar-refractivity contribution in [2.75, 3.05) is 14.2 Å². The maximum atomic E-state index is 13.1. The molecule has 0 radical (unpaired) electrons. The summed E-state index contributed by atoms with van der Waals surface area (Å²) in [5.74, 6) is -0.864. The number of aromatic nitrogens is 3. The lowest BCUT2D eigenvalue weighted by Crippen LogP contribution is -2.70. The van der Waals surface area contributed by atoms with Gasteiger partial charge < -0.3 is 14.2 Å². The number of methoxy groups -OCH3 is 2. The predicted octanol–water partition coefficient (Wildman–Crippen LogP) is 0.479. The molecule has 2 aliphatic rings. The van der Waals surface area contributed by atoms with Crippen LogP contribution in [0.2, 0.25) is 0 Å². The zero-order valence-corrected chi connectivity index (χ0v) is 18.1. The van der Waals surface area contributed by atoms with Crippen LogP contribution < -0.4 is 4.74 Å². The lowest BCUT2D eigenvalue weighted by molar-refractivity contribution is -0.164. The highest BCUT2D eigenvalue weighted by Gasteiger charge is 2.62.